The number of Topliss-reactive ketones (excluding diaryl/α,β-unsaturated/α-hetero) is 1. The van der Waals surface area contributed by atoms with Crippen molar-refractivity contribution >= 4 is 5.78 Å². The van der Waals surface area contributed by atoms with Gasteiger partial charge in [0.15, 0.2) is 5.78 Å². The minimum atomic E-state index is 0.0964. The molecular weight excluding hydrogens is 176 g/mol. The Bertz CT molecular complexity index is 395. The lowest BCUT2D eigenvalue weighted by Crippen LogP contribution is -2.10. The van der Waals surface area contributed by atoms with Crippen LogP contribution < -0.4 is 0 Å². The van der Waals surface area contributed by atoms with Crippen LogP contribution in [0.3, 0.4) is 0 Å². The second-order valence-corrected chi connectivity index (χ2v) is 3.63. The molecule has 1 N–H and O–H groups in total. The van der Waals surface area contributed by atoms with Crippen molar-refractivity contribution in [2.75, 3.05) is 0 Å². The SMILES string of the molecule is CC(=O)C1=CC2CC=C(O)C=C2C=C1. The monoisotopic (exact) mass is 188 g/mol. The van der Waals surface area contributed by atoms with Crippen molar-refractivity contribution in [1.29, 1.82) is 0 Å². The molecule has 0 aromatic heterocycles. The molecule has 0 heterocycles. The Labute approximate surface area is 82.9 Å². The minimum Gasteiger partial charge on any atom is -0.508 e. The number of ketones is 1. The van der Waals surface area contributed by atoms with E-state index in [9.17, 15) is 9.90 Å². The van der Waals surface area contributed by atoms with Gasteiger partial charge in [-0.1, -0.05) is 18.2 Å². The fourth-order valence-electron chi connectivity index (χ4n) is 1.75. The molecular formula is C12H12O2. The molecule has 0 saturated carbocycles. The van der Waals surface area contributed by atoms with Gasteiger partial charge in [0, 0.05) is 11.5 Å². The van der Waals surface area contributed by atoms with Crippen LogP contribution in [0, 0.1) is 5.92 Å². The third-order valence-electron chi connectivity index (χ3n) is 2.57. The molecule has 1 atom stereocenters. The van der Waals surface area contributed by atoms with E-state index in [0.29, 0.717) is 5.76 Å². The molecule has 0 amide bonds. The van der Waals surface area contributed by atoms with Gasteiger partial charge in [-0.05, 0) is 31.1 Å². The molecule has 72 valence electrons. The number of carbonyl (C=O) groups is 1. The van der Waals surface area contributed by atoms with Gasteiger partial charge in [-0.2, -0.15) is 0 Å². The van der Waals surface area contributed by atoms with Gasteiger partial charge in [0.1, 0.15) is 5.76 Å². The molecule has 0 saturated heterocycles. The molecule has 2 aliphatic rings. The lowest BCUT2D eigenvalue weighted by atomic mass is 9.84. The number of carbonyl (C=O) groups excluding carboxylic acids is 1. The number of hydrogen-bond donors (Lipinski definition) is 1. The maximum Gasteiger partial charge on any atom is 0.159 e. The highest BCUT2D eigenvalue weighted by molar-refractivity contribution is 5.96. The molecule has 0 bridgehead atoms. The molecule has 2 aliphatic carbocycles. The molecule has 2 heteroatoms. The molecule has 0 spiro atoms. The summed E-state index contributed by atoms with van der Waals surface area (Å²) in [5.41, 5.74) is 1.84. The Morgan fingerprint density at radius 1 is 1.50 bits per heavy atom. The van der Waals surface area contributed by atoms with E-state index in [1.165, 1.54) is 0 Å². The van der Waals surface area contributed by atoms with Crippen molar-refractivity contribution in [2.24, 2.45) is 5.92 Å². The van der Waals surface area contributed by atoms with E-state index >= 15 is 0 Å². The average Bonchev–Trinajstić information content (AvgIpc) is 2.16. The van der Waals surface area contributed by atoms with Crippen molar-refractivity contribution in [2.45, 2.75) is 13.3 Å². The summed E-state index contributed by atoms with van der Waals surface area (Å²) in [6.45, 7) is 1.57. The summed E-state index contributed by atoms with van der Waals surface area (Å²) in [7, 11) is 0. The lowest BCUT2D eigenvalue weighted by molar-refractivity contribution is -0.113. The van der Waals surface area contributed by atoms with Crippen LogP contribution >= 0.6 is 0 Å². The molecule has 2 nitrogen and oxygen atoms in total. The molecule has 0 radical (unpaired) electrons. The average molecular weight is 188 g/mol. The molecule has 14 heavy (non-hydrogen) atoms. The quantitative estimate of drug-likeness (QED) is 0.686. The molecule has 0 aromatic rings. The van der Waals surface area contributed by atoms with Gasteiger partial charge in [-0.15, -0.1) is 0 Å². The second-order valence-electron chi connectivity index (χ2n) is 3.63. The summed E-state index contributed by atoms with van der Waals surface area (Å²) in [5.74, 6) is 0.675. The van der Waals surface area contributed by atoms with Gasteiger partial charge in [0.25, 0.3) is 0 Å². The van der Waals surface area contributed by atoms with Gasteiger partial charge in [0.05, 0.1) is 0 Å². The summed E-state index contributed by atoms with van der Waals surface area (Å²) in [6, 6.07) is 0. The number of aliphatic hydroxyl groups excluding tert-OH is 1. The van der Waals surface area contributed by atoms with Crippen molar-refractivity contribution in [3.05, 3.63) is 47.3 Å². The summed E-state index contributed by atoms with van der Waals surface area (Å²) in [5, 5.41) is 9.29. The van der Waals surface area contributed by atoms with Gasteiger partial charge in [-0.3, -0.25) is 4.79 Å². The van der Waals surface area contributed by atoms with Crippen LogP contribution in [0.5, 0.6) is 0 Å². The van der Waals surface area contributed by atoms with Gasteiger partial charge in [-0.25, -0.2) is 0 Å². The van der Waals surface area contributed by atoms with E-state index < -0.39 is 0 Å². The Hall–Kier alpha value is -1.57. The van der Waals surface area contributed by atoms with Crippen molar-refractivity contribution in [1.82, 2.24) is 0 Å². The summed E-state index contributed by atoms with van der Waals surface area (Å²) < 4.78 is 0. The van der Waals surface area contributed by atoms with Crippen molar-refractivity contribution in [3.63, 3.8) is 0 Å². The Balaban J connectivity index is 2.30. The molecule has 0 aliphatic heterocycles. The molecule has 0 fully saturated rings. The predicted octanol–water partition coefficient (Wildman–Crippen LogP) is 2.46. The first kappa shape index (κ1) is 9.00. The van der Waals surface area contributed by atoms with E-state index in [1.807, 2.05) is 18.2 Å². The third-order valence-corrected chi connectivity index (χ3v) is 2.57. The zero-order valence-corrected chi connectivity index (χ0v) is 8.03. The number of rotatable bonds is 1. The van der Waals surface area contributed by atoms with Crippen LogP contribution in [0.1, 0.15) is 13.3 Å². The maximum atomic E-state index is 11.1. The highest BCUT2D eigenvalue weighted by atomic mass is 16.3. The van der Waals surface area contributed by atoms with Crippen molar-refractivity contribution < 1.29 is 9.90 Å². The Morgan fingerprint density at radius 2 is 2.29 bits per heavy atom. The smallest absolute Gasteiger partial charge is 0.159 e. The number of allylic oxidation sites excluding steroid dienone is 7. The molecule has 0 aromatic carbocycles. The first-order chi connectivity index (χ1) is 6.66. The fraction of sp³-hybridized carbons (Fsp3) is 0.250. The first-order valence-corrected chi connectivity index (χ1v) is 4.68. The van der Waals surface area contributed by atoms with Crippen LogP contribution in [-0.4, -0.2) is 10.9 Å². The first-order valence-electron chi connectivity index (χ1n) is 4.68. The van der Waals surface area contributed by atoms with Crippen LogP contribution in [0.4, 0.5) is 0 Å². The van der Waals surface area contributed by atoms with Gasteiger partial charge < -0.3 is 5.11 Å². The van der Waals surface area contributed by atoms with Crippen LogP contribution in [-0.2, 0) is 4.79 Å². The van der Waals surface area contributed by atoms with E-state index in [-0.39, 0.29) is 11.7 Å². The Morgan fingerprint density at radius 3 is 3.00 bits per heavy atom. The van der Waals surface area contributed by atoms with E-state index in [0.717, 1.165) is 17.6 Å². The van der Waals surface area contributed by atoms with E-state index in [1.54, 1.807) is 19.1 Å². The van der Waals surface area contributed by atoms with E-state index in [4.69, 9.17) is 0 Å². The Kier molecular flexibility index (Phi) is 2.12. The normalized spacial score (nSPS) is 24.6. The van der Waals surface area contributed by atoms with Crippen LogP contribution in [0.15, 0.2) is 47.3 Å². The predicted molar refractivity (Wildman–Crippen MR) is 54.8 cm³/mol. The zero-order chi connectivity index (χ0) is 10.1. The minimum absolute atomic E-state index is 0.0964. The zero-order valence-electron chi connectivity index (χ0n) is 8.03. The van der Waals surface area contributed by atoms with Crippen LogP contribution in [0.2, 0.25) is 0 Å². The largest absolute Gasteiger partial charge is 0.508 e. The summed E-state index contributed by atoms with van der Waals surface area (Å²) in [4.78, 5) is 11.1. The van der Waals surface area contributed by atoms with Gasteiger partial charge in [0.2, 0.25) is 0 Å². The van der Waals surface area contributed by atoms with Crippen molar-refractivity contribution in [3.8, 4) is 0 Å². The maximum absolute atomic E-state index is 11.1. The van der Waals surface area contributed by atoms with Crippen LogP contribution in [0.25, 0.3) is 0 Å². The molecule has 2 rings (SSSR count). The topological polar surface area (TPSA) is 37.3 Å². The highest BCUT2D eigenvalue weighted by Crippen LogP contribution is 2.30. The number of fused-ring (bicyclic) bond motifs is 1. The number of aliphatic hydroxyl groups is 1. The molecule has 1 unspecified atom stereocenters. The summed E-state index contributed by atoms with van der Waals surface area (Å²) >= 11 is 0. The second kappa shape index (κ2) is 3.29. The third kappa shape index (κ3) is 1.55. The lowest BCUT2D eigenvalue weighted by Gasteiger charge is -2.20. The highest BCUT2D eigenvalue weighted by Gasteiger charge is 2.18. The standard InChI is InChI=1S/C12H12O2/c1-8(13)9-2-3-11-7-12(14)5-4-10(11)6-9/h2-3,5-7,10,14H,4H2,1H3. The fourth-order valence-corrected chi connectivity index (χ4v) is 1.75. The number of hydrogen-bond acceptors (Lipinski definition) is 2. The van der Waals surface area contributed by atoms with Gasteiger partial charge >= 0.3 is 0 Å². The van der Waals surface area contributed by atoms with E-state index in [2.05, 4.69) is 0 Å². The summed E-state index contributed by atoms with van der Waals surface area (Å²) in [6.07, 6.45) is 9.99.